The summed E-state index contributed by atoms with van der Waals surface area (Å²) in [6.07, 6.45) is 2.11. The van der Waals surface area contributed by atoms with Crippen molar-refractivity contribution in [1.82, 2.24) is 10.6 Å². The fraction of sp³-hybridized carbons (Fsp3) is 0.647. The van der Waals surface area contributed by atoms with Gasteiger partial charge in [-0.15, -0.1) is 12.4 Å². The number of aliphatic hydroxyl groups excluding tert-OH is 1. The molecule has 7 heteroatoms. The highest BCUT2D eigenvalue weighted by Gasteiger charge is 2.24. The van der Waals surface area contributed by atoms with Gasteiger partial charge < -0.3 is 25.2 Å². The third-order valence-corrected chi connectivity index (χ3v) is 4.73. The number of aliphatic hydroxyl groups is 1. The van der Waals surface area contributed by atoms with Gasteiger partial charge in [0.1, 0.15) is 12.4 Å². The summed E-state index contributed by atoms with van der Waals surface area (Å²) >= 11 is 6.12. The van der Waals surface area contributed by atoms with Gasteiger partial charge in [0.15, 0.2) is 0 Å². The van der Waals surface area contributed by atoms with E-state index in [2.05, 4.69) is 10.6 Å². The van der Waals surface area contributed by atoms with Crippen molar-refractivity contribution in [1.29, 1.82) is 0 Å². The van der Waals surface area contributed by atoms with E-state index < -0.39 is 0 Å². The SMILES string of the molecule is Cl.OC1CNCC1CNCc1cc(Cl)ccc1OCC1CCCO1. The zero-order valence-electron chi connectivity index (χ0n) is 13.7. The van der Waals surface area contributed by atoms with Crippen LogP contribution in [0.25, 0.3) is 0 Å². The lowest BCUT2D eigenvalue weighted by Crippen LogP contribution is -2.30. The second-order valence-electron chi connectivity index (χ2n) is 6.31. The molecule has 3 rings (SSSR count). The molecule has 2 heterocycles. The average Bonchev–Trinajstić information content (AvgIpc) is 3.19. The van der Waals surface area contributed by atoms with Gasteiger partial charge in [-0.05, 0) is 31.0 Å². The smallest absolute Gasteiger partial charge is 0.124 e. The predicted octanol–water partition coefficient (Wildman–Crippen LogP) is 1.99. The molecule has 0 radical (unpaired) electrons. The van der Waals surface area contributed by atoms with Gasteiger partial charge in [0.25, 0.3) is 0 Å². The molecule has 0 saturated carbocycles. The van der Waals surface area contributed by atoms with Gasteiger partial charge in [0.2, 0.25) is 0 Å². The van der Waals surface area contributed by atoms with E-state index in [4.69, 9.17) is 21.1 Å². The van der Waals surface area contributed by atoms with Crippen LogP contribution in [-0.2, 0) is 11.3 Å². The zero-order chi connectivity index (χ0) is 16.1. The van der Waals surface area contributed by atoms with Crippen molar-refractivity contribution < 1.29 is 14.6 Å². The molecule has 5 nitrogen and oxygen atoms in total. The minimum Gasteiger partial charge on any atom is -0.491 e. The van der Waals surface area contributed by atoms with Crippen molar-refractivity contribution in [3.8, 4) is 5.75 Å². The highest BCUT2D eigenvalue weighted by atomic mass is 35.5. The molecule has 0 bridgehead atoms. The van der Waals surface area contributed by atoms with E-state index in [9.17, 15) is 5.11 Å². The lowest BCUT2D eigenvalue weighted by molar-refractivity contribution is 0.0675. The van der Waals surface area contributed by atoms with Crippen LogP contribution in [0.2, 0.25) is 5.02 Å². The Kier molecular flexibility index (Phi) is 8.07. The molecule has 1 aromatic rings. The molecule has 24 heavy (non-hydrogen) atoms. The third-order valence-electron chi connectivity index (χ3n) is 4.50. The summed E-state index contributed by atoms with van der Waals surface area (Å²) in [5, 5.41) is 17.1. The minimum absolute atomic E-state index is 0. The first-order valence-corrected chi connectivity index (χ1v) is 8.72. The second kappa shape index (κ2) is 9.80. The van der Waals surface area contributed by atoms with Crippen molar-refractivity contribution in [2.45, 2.75) is 31.6 Å². The summed E-state index contributed by atoms with van der Waals surface area (Å²) in [4.78, 5) is 0. The first kappa shape index (κ1) is 19.8. The molecule has 3 unspecified atom stereocenters. The topological polar surface area (TPSA) is 62.8 Å². The Hall–Kier alpha value is -0.560. The standard InChI is InChI=1S/C17H25ClN2O3.ClH/c18-14-3-4-17(23-11-15-2-1-5-22-15)12(6-14)7-19-8-13-9-20-10-16(13)21;/h3-4,6,13,15-16,19-21H,1-2,5,7-11H2;1H. The van der Waals surface area contributed by atoms with E-state index in [0.717, 1.165) is 43.9 Å². The molecule has 0 aliphatic carbocycles. The molecule has 0 amide bonds. The number of β-amino-alcohol motifs (C(OH)–C–C–N with tert-alkyl or cyclic N) is 1. The Morgan fingerprint density at radius 1 is 1.38 bits per heavy atom. The van der Waals surface area contributed by atoms with Gasteiger partial charge in [0, 0.05) is 49.3 Å². The second-order valence-corrected chi connectivity index (χ2v) is 6.75. The maximum Gasteiger partial charge on any atom is 0.124 e. The summed E-state index contributed by atoms with van der Waals surface area (Å²) in [7, 11) is 0. The van der Waals surface area contributed by atoms with E-state index >= 15 is 0 Å². The van der Waals surface area contributed by atoms with Gasteiger partial charge in [0.05, 0.1) is 12.2 Å². The molecule has 2 saturated heterocycles. The summed E-state index contributed by atoms with van der Waals surface area (Å²) in [5.41, 5.74) is 1.04. The average molecular weight is 377 g/mol. The van der Waals surface area contributed by atoms with Crippen molar-refractivity contribution >= 4 is 24.0 Å². The predicted molar refractivity (Wildman–Crippen MR) is 97.2 cm³/mol. The van der Waals surface area contributed by atoms with Crippen LogP contribution in [0.5, 0.6) is 5.75 Å². The number of ether oxygens (including phenoxy) is 2. The van der Waals surface area contributed by atoms with E-state index in [-0.39, 0.29) is 30.5 Å². The molecule has 0 spiro atoms. The number of benzene rings is 1. The quantitative estimate of drug-likeness (QED) is 0.679. The molecule has 3 atom stereocenters. The molecule has 136 valence electrons. The Bertz CT molecular complexity index is 513. The first-order chi connectivity index (χ1) is 11.2. The fourth-order valence-electron chi connectivity index (χ4n) is 3.11. The zero-order valence-corrected chi connectivity index (χ0v) is 15.2. The Labute approximate surface area is 154 Å². The van der Waals surface area contributed by atoms with E-state index in [1.807, 2.05) is 18.2 Å². The van der Waals surface area contributed by atoms with Crippen LogP contribution in [0.4, 0.5) is 0 Å². The Morgan fingerprint density at radius 2 is 2.25 bits per heavy atom. The number of hydrogen-bond acceptors (Lipinski definition) is 5. The van der Waals surface area contributed by atoms with Gasteiger partial charge >= 0.3 is 0 Å². The first-order valence-electron chi connectivity index (χ1n) is 8.34. The monoisotopic (exact) mass is 376 g/mol. The molecular weight excluding hydrogens is 351 g/mol. The maximum absolute atomic E-state index is 9.83. The highest BCUT2D eigenvalue weighted by molar-refractivity contribution is 6.30. The lowest BCUT2D eigenvalue weighted by Gasteiger charge is -2.17. The van der Waals surface area contributed by atoms with Crippen molar-refractivity contribution in [3.05, 3.63) is 28.8 Å². The fourth-order valence-corrected chi connectivity index (χ4v) is 3.30. The molecular formula is C17H26Cl2N2O3. The number of hydrogen-bond donors (Lipinski definition) is 3. The summed E-state index contributed by atoms with van der Waals surface area (Å²) < 4.78 is 11.5. The maximum atomic E-state index is 9.83. The summed E-state index contributed by atoms with van der Waals surface area (Å²) in [6.45, 7) is 4.39. The van der Waals surface area contributed by atoms with Crippen LogP contribution in [0.15, 0.2) is 18.2 Å². The summed E-state index contributed by atoms with van der Waals surface area (Å²) in [6, 6.07) is 5.70. The van der Waals surface area contributed by atoms with Crippen LogP contribution in [0, 0.1) is 5.92 Å². The van der Waals surface area contributed by atoms with Crippen LogP contribution in [0.1, 0.15) is 18.4 Å². The van der Waals surface area contributed by atoms with Crippen LogP contribution >= 0.6 is 24.0 Å². The number of nitrogens with one attached hydrogen (secondary N) is 2. The van der Waals surface area contributed by atoms with Crippen LogP contribution in [0.3, 0.4) is 0 Å². The Morgan fingerprint density at radius 3 is 2.96 bits per heavy atom. The van der Waals surface area contributed by atoms with Gasteiger partial charge in [-0.2, -0.15) is 0 Å². The molecule has 2 fully saturated rings. The minimum atomic E-state index is -0.267. The van der Waals surface area contributed by atoms with Crippen molar-refractivity contribution in [3.63, 3.8) is 0 Å². The Balaban J connectivity index is 0.00000208. The molecule has 2 aliphatic heterocycles. The van der Waals surface area contributed by atoms with E-state index in [0.29, 0.717) is 24.7 Å². The van der Waals surface area contributed by atoms with E-state index in [1.165, 1.54) is 0 Å². The highest BCUT2D eigenvalue weighted by Crippen LogP contribution is 2.24. The molecule has 3 N–H and O–H groups in total. The summed E-state index contributed by atoms with van der Waals surface area (Å²) in [5.74, 6) is 1.10. The third kappa shape index (κ3) is 5.48. The molecule has 1 aromatic carbocycles. The van der Waals surface area contributed by atoms with Crippen molar-refractivity contribution in [2.75, 3.05) is 32.8 Å². The van der Waals surface area contributed by atoms with Crippen molar-refractivity contribution in [2.24, 2.45) is 5.92 Å². The van der Waals surface area contributed by atoms with Gasteiger partial charge in [-0.3, -0.25) is 0 Å². The molecule has 0 aromatic heterocycles. The van der Waals surface area contributed by atoms with Gasteiger partial charge in [-0.25, -0.2) is 0 Å². The number of rotatable bonds is 7. The largest absolute Gasteiger partial charge is 0.491 e. The van der Waals surface area contributed by atoms with Crippen LogP contribution in [-0.4, -0.2) is 50.2 Å². The molecule has 2 aliphatic rings. The number of halogens is 2. The lowest BCUT2D eigenvalue weighted by atomic mass is 10.1. The van der Waals surface area contributed by atoms with Gasteiger partial charge in [-0.1, -0.05) is 11.6 Å². The normalized spacial score (nSPS) is 26.3. The van der Waals surface area contributed by atoms with Crippen LogP contribution < -0.4 is 15.4 Å². The van der Waals surface area contributed by atoms with E-state index in [1.54, 1.807) is 0 Å².